The molecular weight excluding hydrogens is 256 g/mol. The Balaban J connectivity index is 2.71. The highest BCUT2D eigenvalue weighted by molar-refractivity contribution is 5.68. The summed E-state index contributed by atoms with van der Waals surface area (Å²) in [6.07, 6.45) is 0.0764. The fourth-order valence-corrected chi connectivity index (χ4v) is 1.78. The number of phenolic OH excluding ortho intramolecular Hbond substituents is 1. The highest BCUT2D eigenvalue weighted by Crippen LogP contribution is 2.17. The predicted molar refractivity (Wildman–Crippen MR) is 78.6 cm³/mol. The predicted octanol–water partition coefficient (Wildman–Crippen LogP) is 2.18. The van der Waals surface area contributed by atoms with Gasteiger partial charge in [0.15, 0.2) is 0 Å². The minimum absolute atomic E-state index is 0.211. The van der Waals surface area contributed by atoms with Crippen LogP contribution >= 0.6 is 0 Å². The van der Waals surface area contributed by atoms with Crippen LogP contribution in [0.15, 0.2) is 24.3 Å². The van der Waals surface area contributed by atoms with Gasteiger partial charge in [0.25, 0.3) is 0 Å². The van der Waals surface area contributed by atoms with Crippen molar-refractivity contribution in [1.82, 2.24) is 5.32 Å². The van der Waals surface area contributed by atoms with Crippen LogP contribution in [0.25, 0.3) is 0 Å². The van der Waals surface area contributed by atoms with Crippen LogP contribution in [-0.4, -0.2) is 28.9 Å². The van der Waals surface area contributed by atoms with Gasteiger partial charge in [0, 0.05) is 6.54 Å². The van der Waals surface area contributed by atoms with Gasteiger partial charge in [-0.1, -0.05) is 12.1 Å². The average molecular weight is 280 g/mol. The van der Waals surface area contributed by atoms with E-state index in [1.54, 1.807) is 24.3 Å². The van der Waals surface area contributed by atoms with E-state index in [-0.39, 0.29) is 12.3 Å². The van der Waals surface area contributed by atoms with E-state index >= 15 is 0 Å². The number of ether oxygens (including phenoxy) is 1. The van der Waals surface area contributed by atoms with Crippen LogP contribution in [0, 0.1) is 0 Å². The van der Waals surface area contributed by atoms with Crippen molar-refractivity contribution in [2.24, 2.45) is 5.73 Å². The van der Waals surface area contributed by atoms with Crippen molar-refractivity contribution in [2.45, 2.75) is 45.3 Å². The molecule has 0 bridgehead atoms. The van der Waals surface area contributed by atoms with Crippen LogP contribution < -0.4 is 11.1 Å². The Bertz CT molecular complexity index is 451. The lowest BCUT2D eigenvalue weighted by atomic mass is 9.93. The normalized spacial score (nSPS) is 14.4. The molecule has 0 aliphatic rings. The maximum absolute atomic E-state index is 11.8. The van der Waals surface area contributed by atoms with Gasteiger partial charge >= 0.3 is 6.09 Å². The molecule has 0 aromatic heterocycles. The zero-order chi connectivity index (χ0) is 15.4. The molecule has 0 fully saturated rings. The second-order valence-electron chi connectivity index (χ2n) is 6.23. The summed E-state index contributed by atoms with van der Waals surface area (Å²) < 4.78 is 5.25. The molecule has 5 nitrogen and oxygen atoms in total. The van der Waals surface area contributed by atoms with Crippen LogP contribution in [0.2, 0.25) is 0 Å². The molecule has 1 amide bonds. The number of nitrogens with one attached hydrogen (secondary N) is 1. The Kier molecular flexibility index (Phi) is 5.00. The molecule has 20 heavy (non-hydrogen) atoms. The van der Waals surface area contributed by atoms with Gasteiger partial charge in [-0.15, -0.1) is 0 Å². The van der Waals surface area contributed by atoms with E-state index in [0.717, 1.165) is 5.56 Å². The van der Waals surface area contributed by atoms with Gasteiger partial charge in [0.05, 0.1) is 5.54 Å². The summed E-state index contributed by atoms with van der Waals surface area (Å²) in [5.41, 5.74) is 5.61. The monoisotopic (exact) mass is 280 g/mol. The number of carbonyl (C=O) groups is 1. The van der Waals surface area contributed by atoms with Crippen molar-refractivity contribution in [3.05, 3.63) is 29.8 Å². The summed E-state index contributed by atoms with van der Waals surface area (Å²) >= 11 is 0. The number of aromatic hydroxyl groups is 1. The van der Waals surface area contributed by atoms with Gasteiger partial charge in [0.1, 0.15) is 11.4 Å². The molecule has 0 aliphatic heterocycles. The van der Waals surface area contributed by atoms with Crippen LogP contribution in [0.5, 0.6) is 5.75 Å². The lowest BCUT2D eigenvalue weighted by Crippen LogP contribution is -2.54. The molecular formula is C15H24N2O3. The molecule has 0 aliphatic carbocycles. The van der Waals surface area contributed by atoms with Gasteiger partial charge in [-0.3, -0.25) is 0 Å². The Morgan fingerprint density at radius 2 is 1.80 bits per heavy atom. The third-order valence-corrected chi connectivity index (χ3v) is 2.78. The number of alkyl carbamates (subject to hydrolysis) is 1. The van der Waals surface area contributed by atoms with E-state index in [1.165, 1.54) is 0 Å². The first-order valence-corrected chi connectivity index (χ1v) is 6.63. The van der Waals surface area contributed by atoms with Crippen molar-refractivity contribution in [3.63, 3.8) is 0 Å². The van der Waals surface area contributed by atoms with Crippen molar-refractivity contribution < 1.29 is 14.6 Å². The van der Waals surface area contributed by atoms with Gasteiger partial charge in [-0.05, 0) is 51.8 Å². The first-order chi connectivity index (χ1) is 9.13. The molecule has 0 radical (unpaired) electrons. The van der Waals surface area contributed by atoms with Gasteiger partial charge in [-0.2, -0.15) is 0 Å². The second kappa shape index (κ2) is 6.13. The maximum atomic E-state index is 11.8. The lowest BCUT2D eigenvalue weighted by molar-refractivity contribution is 0.0467. The fourth-order valence-electron chi connectivity index (χ4n) is 1.78. The number of rotatable bonds is 4. The minimum atomic E-state index is -0.598. The number of amides is 1. The molecule has 1 unspecified atom stereocenters. The largest absolute Gasteiger partial charge is 0.508 e. The third kappa shape index (κ3) is 5.48. The van der Waals surface area contributed by atoms with E-state index < -0.39 is 17.2 Å². The van der Waals surface area contributed by atoms with Crippen molar-refractivity contribution in [1.29, 1.82) is 0 Å². The minimum Gasteiger partial charge on any atom is -0.508 e. The number of benzene rings is 1. The fraction of sp³-hybridized carbons (Fsp3) is 0.533. The van der Waals surface area contributed by atoms with Crippen LogP contribution in [0.4, 0.5) is 4.79 Å². The van der Waals surface area contributed by atoms with Crippen molar-refractivity contribution >= 4 is 6.09 Å². The summed E-state index contributed by atoms with van der Waals surface area (Å²) in [6.45, 7) is 7.59. The number of hydrogen-bond donors (Lipinski definition) is 3. The molecule has 5 heteroatoms. The summed E-state index contributed by atoms with van der Waals surface area (Å²) in [6, 6.07) is 6.83. The smallest absolute Gasteiger partial charge is 0.408 e. The SMILES string of the molecule is CC(CN)(Cc1ccc(O)cc1)NC(=O)OC(C)(C)C. The molecule has 0 saturated carbocycles. The molecule has 4 N–H and O–H groups in total. The Morgan fingerprint density at radius 3 is 2.25 bits per heavy atom. The summed E-state index contributed by atoms with van der Waals surface area (Å²) in [5, 5.41) is 12.1. The molecule has 1 aromatic rings. The highest BCUT2D eigenvalue weighted by atomic mass is 16.6. The summed E-state index contributed by atoms with van der Waals surface area (Å²) in [5.74, 6) is 0.211. The highest BCUT2D eigenvalue weighted by Gasteiger charge is 2.28. The number of hydrogen-bond acceptors (Lipinski definition) is 4. The molecule has 0 heterocycles. The number of carbonyl (C=O) groups excluding carboxylic acids is 1. The number of nitrogens with two attached hydrogens (primary N) is 1. The van der Waals surface area contributed by atoms with E-state index in [4.69, 9.17) is 10.5 Å². The molecule has 112 valence electrons. The van der Waals surface area contributed by atoms with Gasteiger partial charge in [0.2, 0.25) is 0 Å². The van der Waals surface area contributed by atoms with Gasteiger partial charge < -0.3 is 20.9 Å². The summed E-state index contributed by atoms with van der Waals surface area (Å²) in [4.78, 5) is 11.8. The van der Waals surface area contributed by atoms with Crippen molar-refractivity contribution in [2.75, 3.05) is 6.54 Å². The number of phenols is 1. The van der Waals surface area contributed by atoms with Gasteiger partial charge in [-0.25, -0.2) is 4.79 Å². The van der Waals surface area contributed by atoms with E-state index in [9.17, 15) is 9.90 Å². The molecule has 0 saturated heterocycles. The van der Waals surface area contributed by atoms with E-state index in [0.29, 0.717) is 6.42 Å². The zero-order valence-electron chi connectivity index (χ0n) is 12.6. The molecule has 0 spiro atoms. The van der Waals surface area contributed by atoms with Crippen LogP contribution in [0.1, 0.15) is 33.3 Å². The first kappa shape index (κ1) is 16.3. The third-order valence-electron chi connectivity index (χ3n) is 2.78. The zero-order valence-corrected chi connectivity index (χ0v) is 12.6. The first-order valence-electron chi connectivity index (χ1n) is 6.63. The van der Waals surface area contributed by atoms with E-state index in [1.807, 2.05) is 27.7 Å². The Morgan fingerprint density at radius 1 is 1.25 bits per heavy atom. The quantitative estimate of drug-likeness (QED) is 0.789. The second-order valence-corrected chi connectivity index (χ2v) is 6.23. The standard InChI is InChI=1S/C15H24N2O3/c1-14(2,3)20-13(19)17-15(4,10-16)9-11-5-7-12(18)8-6-11/h5-8,18H,9-10,16H2,1-4H3,(H,17,19). The Hall–Kier alpha value is -1.75. The Labute approximate surface area is 120 Å². The molecule has 1 atom stereocenters. The summed E-state index contributed by atoms with van der Waals surface area (Å²) in [7, 11) is 0. The van der Waals surface area contributed by atoms with Crippen molar-refractivity contribution in [3.8, 4) is 5.75 Å². The lowest BCUT2D eigenvalue weighted by Gasteiger charge is -2.31. The maximum Gasteiger partial charge on any atom is 0.408 e. The molecule has 1 rings (SSSR count). The molecule has 1 aromatic carbocycles. The average Bonchev–Trinajstić information content (AvgIpc) is 2.29. The van der Waals surface area contributed by atoms with E-state index in [2.05, 4.69) is 5.32 Å². The van der Waals surface area contributed by atoms with Crippen LogP contribution in [0.3, 0.4) is 0 Å². The topological polar surface area (TPSA) is 84.6 Å². The van der Waals surface area contributed by atoms with Crippen LogP contribution in [-0.2, 0) is 11.2 Å².